The van der Waals surface area contributed by atoms with Gasteiger partial charge in [-0.15, -0.1) is 10.2 Å². The van der Waals surface area contributed by atoms with Crippen molar-refractivity contribution in [2.45, 2.75) is 31.8 Å². The minimum Gasteiger partial charge on any atom is -0.315 e. The van der Waals surface area contributed by atoms with Crippen molar-refractivity contribution in [3.05, 3.63) is 12.7 Å². The standard InChI is InChI=1S/C8H14N4/c1-8(2)7(3-4-9-8)12-5-10-11-6-12/h5-7,9H,3-4H2,1-2H3. The van der Waals surface area contributed by atoms with E-state index < -0.39 is 0 Å². The first-order valence-electron chi connectivity index (χ1n) is 4.29. The molecule has 0 aliphatic carbocycles. The molecule has 1 aromatic heterocycles. The smallest absolute Gasteiger partial charge is 0.119 e. The Labute approximate surface area is 72.0 Å². The topological polar surface area (TPSA) is 42.7 Å². The van der Waals surface area contributed by atoms with Crippen LogP contribution in [0.4, 0.5) is 0 Å². The highest BCUT2D eigenvalue weighted by atomic mass is 15.3. The van der Waals surface area contributed by atoms with E-state index in [2.05, 4.69) is 33.9 Å². The zero-order valence-electron chi connectivity index (χ0n) is 7.49. The third-order valence-electron chi connectivity index (χ3n) is 2.63. The maximum absolute atomic E-state index is 3.82. The van der Waals surface area contributed by atoms with Crippen LogP contribution in [0.15, 0.2) is 12.7 Å². The SMILES string of the molecule is CC1(C)NCCC1n1cnnc1. The Morgan fingerprint density at radius 3 is 2.58 bits per heavy atom. The third kappa shape index (κ3) is 1.12. The van der Waals surface area contributed by atoms with E-state index in [0.29, 0.717) is 6.04 Å². The Kier molecular flexibility index (Phi) is 1.65. The Hall–Kier alpha value is -0.900. The lowest BCUT2D eigenvalue weighted by Gasteiger charge is -2.27. The Morgan fingerprint density at radius 1 is 1.42 bits per heavy atom. The highest BCUT2D eigenvalue weighted by Crippen LogP contribution is 2.29. The van der Waals surface area contributed by atoms with Crippen molar-refractivity contribution in [3.8, 4) is 0 Å². The van der Waals surface area contributed by atoms with Gasteiger partial charge in [0.2, 0.25) is 0 Å². The molecule has 66 valence electrons. The number of nitrogens with one attached hydrogen (secondary N) is 1. The first kappa shape index (κ1) is 7.73. The summed E-state index contributed by atoms with van der Waals surface area (Å²) in [5.41, 5.74) is 0.169. The lowest BCUT2D eigenvalue weighted by molar-refractivity contribution is 0.330. The van der Waals surface area contributed by atoms with Crippen molar-refractivity contribution in [2.24, 2.45) is 0 Å². The summed E-state index contributed by atoms with van der Waals surface area (Å²) in [5, 5.41) is 11.1. The third-order valence-corrected chi connectivity index (χ3v) is 2.63. The molecule has 1 saturated heterocycles. The van der Waals surface area contributed by atoms with Crippen molar-refractivity contribution < 1.29 is 0 Å². The van der Waals surface area contributed by atoms with E-state index in [-0.39, 0.29) is 5.54 Å². The molecule has 0 spiro atoms. The van der Waals surface area contributed by atoms with Crippen LogP contribution in [0.2, 0.25) is 0 Å². The Morgan fingerprint density at radius 2 is 2.08 bits per heavy atom. The monoisotopic (exact) mass is 166 g/mol. The molecule has 0 bridgehead atoms. The molecule has 2 rings (SSSR count). The molecule has 1 aliphatic heterocycles. The van der Waals surface area contributed by atoms with Gasteiger partial charge in [-0.05, 0) is 26.8 Å². The molecular weight excluding hydrogens is 152 g/mol. The summed E-state index contributed by atoms with van der Waals surface area (Å²) in [6, 6.07) is 0.493. The van der Waals surface area contributed by atoms with Gasteiger partial charge < -0.3 is 9.88 Å². The molecule has 1 unspecified atom stereocenters. The zero-order chi connectivity index (χ0) is 8.60. The number of aromatic nitrogens is 3. The van der Waals surface area contributed by atoms with E-state index in [1.165, 1.54) is 0 Å². The summed E-state index contributed by atoms with van der Waals surface area (Å²) in [6.07, 6.45) is 4.74. The van der Waals surface area contributed by atoms with Gasteiger partial charge in [0.25, 0.3) is 0 Å². The van der Waals surface area contributed by atoms with Gasteiger partial charge in [-0.1, -0.05) is 0 Å². The average Bonchev–Trinajstić information content (AvgIpc) is 2.55. The van der Waals surface area contributed by atoms with Crippen molar-refractivity contribution >= 4 is 0 Å². The van der Waals surface area contributed by atoms with Crippen molar-refractivity contribution in [2.75, 3.05) is 6.54 Å². The summed E-state index contributed by atoms with van der Waals surface area (Å²) in [7, 11) is 0. The largest absolute Gasteiger partial charge is 0.315 e. The molecular formula is C8H14N4. The van der Waals surface area contributed by atoms with Crippen LogP contribution in [-0.4, -0.2) is 26.8 Å². The summed E-state index contributed by atoms with van der Waals surface area (Å²) < 4.78 is 2.08. The second-order valence-corrected chi connectivity index (χ2v) is 3.86. The molecule has 1 aromatic rings. The molecule has 4 heteroatoms. The molecule has 0 radical (unpaired) electrons. The maximum atomic E-state index is 3.82. The second-order valence-electron chi connectivity index (χ2n) is 3.86. The fraction of sp³-hybridized carbons (Fsp3) is 0.750. The lowest BCUT2D eigenvalue weighted by atomic mass is 9.97. The van der Waals surface area contributed by atoms with Crippen molar-refractivity contribution in [1.82, 2.24) is 20.1 Å². The number of hydrogen-bond donors (Lipinski definition) is 1. The number of nitrogens with zero attached hydrogens (tertiary/aromatic N) is 3. The van der Waals surface area contributed by atoms with Gasteiger partial charge in [0, 0.05) is 5.54 Å². The Balaban J connectivity index is 2.25. The molecule has 0 amide bonds. The predicted molar refractivity (Wildman–Crippen MR) is 45.8 cm³/mol. The van der Waals surface area contributed by atoms with E-state index in [1.54, 1.807) is 12.7 Å². The van der Waals surface area contributed by atoms with Gasteiger partial charge >= 0.3 is 0 Å². The molecule has 1 aliphatic rings. The highest BCUT2D eigenvalue weighted by molar-refractivity contribution is 4.96. The molecule has 0 aromatic carbocycles. The summed E-state index contributed by atoms with van der Waals surface area (Å²) in [5.74, 6) is 0. The molecule has 1 fully saturated rings. The van der Waals surface area contributed by atoms with Gasteiger partial charge in [-0.3, -0.25) is 0 Å². The summed E-state index contributed by atoms with van der Waals surface area (Å²) >= 11 is 0. The van der Waals surface area contributed by atoms with Crippen molar-refractivity contribution in [1.29, 1.82) is 0 Å². The molecule has 12 heavy (non-hydrogen) atoms. The maximum Gasteiger partial charge on any atom is 0.119 e. The van der Waals surface area contributed by atoms with E-state index in [9.17, 15) is 0 Å². The van der Waals surface area contributed by atoms with Gasteiger partial charge in [-0.25, -0.2) is 0 Å². The van der Waals surface area contributed by atoms with Gasteiger partial charge in [-0.2, -0.15) is 0 Å². The van der Waals surface area contributed by atoms with Crippen molar-refractivity contribution in [3.63, 3.8) is 0 Å². The second kappa shape index (κ2) is 2.55. The highest BCUT2D eigenvalue weighted by Gasteiger charge is 2.34. The quantitative estimate of drug-likeness (QED) is 0.664. The van der Waals surface area contributed by atoms with Crippen LogP contribution in [0, 0.1) is 0 Å². The summed E-state index contributed by atoms with van der Waals surface area (Å²) in [4.78, 5) is 0. The van der Waals surface area contributed by atoms with Crippen LogP contribution in [-0.2, 0) is 0 Å². The minimum absolute atomic E-state index is 0.169. The van der Waals surface area contributed by atoms with Crippen LogP contribution < -0.4 is 5.32 Å². The normalized spacial score (nSPS) is 27.7. The number of rotatable bonds is 1. The molecule has 1 atom stereocenters. The van der Waals surface area contributed by atoms with Gasteiger partial charge in [0.15, 0.2) is 0 Å². The first-order valence-corrected chi connectivity index (χ1v) is 4.29. The number of hydrogen-bond acceptors (Lipinski definition) is 3. The molecule has 1 N–H and O–H groups in total. The predicted octanol–water partition coefficient (Wildman–Crippen LogP) is 0.591. The minimum atomic E-state index is 0.169. The molecule has 4 nitrogen and oxygen atoms in total. The van der Waals surface area contributed by atoms with E-state index in [1.807, 2.05) is 0 Å². The van der Waals surface area contributed by atoms with E-state index in [0.717, 1.165) is 13.0 Å². The fourth-order valence-corrected chi connectivity index (χ4v) is 1.90. The molecule has 2 heterocycles. The Bertz CT molecular complexity index is 252. The fourth-order valence-electron chi connectivity index (χ4n) is 1.90. The molecule has 0 saturated carbocycles. The summed E-state index contributed by atoms with van der Waals surface area (Å²) in [6.45, 7) is 5.51. The average molecular weight is 166 g/mol. The van der Waals surface area contributed by atoms with Crippen LogP contribution in [0.25, 0.3) is 0 Å². The van der Waals surface area contributed by atoms with E-state index in [4.69, 9.17) is 0 Å². The zero-order valence-corrected chi connectivity index (χ0v) is 7.49. The van der Waals surface area contributed by atoms with Gasteiger partial charge in [0.1, 0.15) is 12.7 Å². The first-order chi connectivity index (χ1) is 5.70. The van der Waals surface area contributed by atoms with Crippen LogP contribution in [0.5, 0.6) is 0 Å². The van der Waals surface area contributed by atoms with Gasteiger partial charge in [0.05, 0.1) is 6.04 Å². The van der Waals surface area contributed by atoms with E-state index >= 15 is 0 Å². The lowest BCUT2D eigenvalue weighted by Crippen LogP contribution is -2.38. The van der Waals surface area contributed by atoms with Crippen LogP contribution >= 0.6 is 0 Å². The van der Waals surface area contributed by atoms with Crippen LogP contribution in [0.1, 0.15) is 26.3 Å². The van der Waals surface area contributed by atoms with Crippen LogP contribution in [0.3, 0.4) is 0 Å².